The summed E-state index contributed by atoms with van der Waals surface area (Å²) in [5.41, 5.74) is 1.49. The molecular weight excluding hydrogens is 432 g/mol. The van der Waals surface area contributed by atoms with Crippen LogP contribution in [0.5, 0.6) is 11.5 Å². The van der Waals surface area contributed by atoms with Gasteiger partial charge in [-0.25, -0.2) is 9.97 Å². The van der Waals surface area contributed by atoms with Crippen LogP contribution >= 0.6 is 0 Å². The molecule has 4 nitrogen and oxygen atoms in total. The molecule has 0 unspecified atom stereocenters. The summed E-state index contributed by atoms with van der Waals surface area (Å²) >= 11 is 0. The average Bonchev–Trinajstić information content (AvgIpc) is 2.87. The van der Waals surface area contributed by atoms with Crippen molar-refractivity contribution in [1.82, 2.24) is 9.97 Å². The standard InChI is InChI=1S/C31H50N2O2/c1-5-7-9-10-12-15-24-35-29-25-32-30(33-26-29)27-17-19-28(20-18-27)34-23-16-13-11-14-22-31(3,4)21-8-6-2/h17-20,25-26H,5-16,21-24H2,1-4H3. The van der Waals surface area contributed by atoms with E-state index < -0.39 is 0 Å². The van der Waals surface area contributed by atoms with Gasteiger partial charge >= 0.3 is 0 Å². The number of unbranched alkanes of at least 4 members (excludes halogenated alkanes) is 9. The Balaban J connectivity index is 1.60. The Morgan fingerprint density at radius 1 is 0.600 bits per heavy atom. The van der Waals surface area contributed by atoms with Crippen LogP contribution < -0.4 is 9.47 Å². The minimum Gasteiger partial charge on any atom is -0.494 e. The van der Waals surface area contributed by atoms with Crippen molar-refractivity contribution in [2.45, 2.75) is 118 Å². The third-order valence-corrected chi connectivity index (χ3v) is 6.73. The Labute approximate surface area is 215 Å². The van der Waals surface area contributed by atoms with Gasteiger partial charge in [-0.1, -0.05) is 91.9 Å². The first kappa shape index (κ1) is 29.1. The maximum Gasteiger partial charge on any atom is 0.159 e. The highest BCUT2D eigenvalue weighted by Gasteiger charge is 2.16. The number of hydrogen-bond acceptors (Lipinski definition) is 4. The molecule has 0 amide bonds. The summed E-state index contributed by atoms with van der Waals surface area (Å²) in [6, 6.07) is 8.08. The summed E-state index contributed by atoms with van der Waals surface area (Å²) in [7, 11) is 0. The van der Waals surface area contributed by atoms with Gasteiger partial charge in [0.1, 0.15) is 5.75 Å². The fourth-order valence-electron chi connectivity index (χ4n) is 4.34. The monoisotopic (exact) mass is 482 g/mol. The molecule has 4 heteroatoms. The van der Waals surface area contributed by atoms with Crippen LogP contribution in [0.2, 0.25) is 0 Å². The predicted molar refractivity (Wildman–Crippen MR) is 148 cm³/mol. The zero-order chi connectivity index (χ0) is 25.2. The lowest BCUT2D eigenvalue weighted by Gasteiger charge is -2.24. The molecule has 0 atom stereocenters. The zero-order valence-electron chi connectivity index (χ0n) is 23.0. The number of benzene rings is 1. The van der Waals surface area contributed by atoms with Crippen molar-refractivity contribution in [2.24, 2.45) is 5.41 Å². The topological polar surface area (TPSA) is 44.2 Å². The molecule has 2 aromatic rings. The number of nitrogens with zero attached hydrogens (tertiary/aromatic N) is 2. The molecule has 0 saturated heterocycles. The lowest BCUT2D eigenvalue weighted by Crippen LogP contribution is -2.10. The zero-order valence-corrected chi connectivity index (χ0v) is 23.0. The molecule has 0 aliphatic carbocycles. The molecule has 2 rings (SSSR count). The molecule has 0 saturated carbocycles. The Hall–Kier alpha value is -2.10. The van der Waals surface area contributed by atoms with Crippen LogP contribution in [0.25, 0.3) is 11.4 Å². The van der Waals surface area contributed by atoms with E-state index in [1.165, 1.54) is 77.0 Å². The van der Waals surface area contributed by atoms with Crippen molar-refractivity contribution < 1.29 is 9.47 Å². The third kappa shape index (κ3) is 13.0. The highest BCUT2D eigenvalue weighted by atomic mass is 16.5. The molecule has 0 N–H and O–H groups in total. The van der Waals surface area contributed by atoms with E-state index >= 15 is 0 Å². The molecule has 0 radical (unpaired) electrons. The molecule has 1 heterocycles. The Morgan fingerprint density at radius 2 is 1.11 bits per heavy atom. The molecular formula is C31H50N2O2. The van der Waals surface area contributed by atoms with E-state index in [2.05, 4.69) is 37.7 Å². The number of hydrogen-bond donors (Lipinski definition) is 0. The smallest absolute Gasteiger partial charge is 0.159 e. The molecule has 1 aromatic heterocycles. The van der Waals surface area contributed by atoms with Gasteiger partial charge in [-0.15, -0.1) is 0 Å². The fourth-order valence-corrected chi connectivity index (χ4v) is 4.34. The number of rotatable bonds is 20. The van der Waals surface area contributed by atoms with Gasteiger partial charge in [-0.3, -0.25) is 0 Å². The summed E-state index contributed by atoms with van der Waals surface area (Å²) < 4.78 is 11.7. The summed E-state index contributed by atoms with van der Waals surface area (Å²) in [6.07, 6.45) is 21.4. The van der Waals surface area contributed by atoms with Gasteiger partial charge in [0.25, 0.3) is 0 Å². The number of ether oxygens (including phenoxy) is 2. The largest absolute Gasteiger partial charge is 0.494 e. The Bertz CT molecular complexity index is 772. The first-order valence-corrected chi connectivity index (χ1v) is 14.2. The molecule has 0 aliphatic heterocycles. The molecule has 196 valence electrons. The first-order valence-electron chi connectivity index (χ1n) is 14.2. The quantitative estimate of drug-likeness (QED) is 0.176. The minimum absolute atomic E-state index is 0.499. The van der Waals surface area contributed by atoms with Crippen molar-refractivity contribution >= 4 is 0 Å². The van der Waals surface area contributed by atoms with Crippen LogP contribution in [0, 0.1) is 5.41 Å². The molecule has 0 bridgehead atoms. The maximum absolute atomic E-state index is 5.94. The normalized spacial score (nSPS) is 11.5. The Morgan fingerprint density at radius 3 is 1.74 bits per heavy atom. The van der Waals surface area contributed by atoms with Gasteiger partial charge in [0.2, 0.25) is 0 Å². The maximum atomic E-state index is 5.94. The second kappa shape index (κ2) is 17.3. The van der Waals surface area contributed by atoms with Crippen molar-refractivity contribution in [3.8, 4) is 22.9 Å². The first-order chi connectivity index (χ1) is 17.0. The van der Waals surface area contributed by atoms with Crippen LogP contribution in [-0.4, -0.2) is 23.2 Å². The average molecular weight is 483 g/mol. The van der Waals surface area contributed by atoms with E-state index in [1.54, 1.807) is 12.4 Å². The van der Waals surface area contributed by atoms with Crippen LogP contribution in [0.1, 0.15) is 118 Å². The van der Waals surface area contributed by atoms with Gasteiger partial charge in [-0.05, 0) is 55.4 Å². The molecule has 1 aromatic carbocycles. The van der Waals surface area contributed by atoms with E-state index in [9.17, 15) is 0 Å². The van der Waals surface area contributed by atoms with E-state index in [-0.39, 0.29) is 0 Å². The predicted octanol–water partition coefficient (Wildman–Crippen LogP) is 9.43. The number of aromatic nitrogens is 2. The summed E-state index contributed by atoms with van der Waals surface area (Å²) in [6.45, 7) is 10.9. The molecule has 0 fully saturated rings. The van der Waals surface area contributed by atoms with Gasteiger partial charge in [0, 0.05) is 5.56 Å². The summed E-state index contributed by atoms with van der Waals surface area (Å²) in [5.74, 6) is 2.37. The molecule has 0 aliphatic rings. The summed E-state index contributed by atoms with van der Waals surface area (Å²) in [5, 5.41) is 0. The van der Waals surface area contributed by atoms with Crippen LogP contribution in [-0.2, 0) is 0 Å². The van der Waals surface area contributed by atoms with Crippen molar-refractivity contribution in [3.63, 3.8) is 0 Å². The summed E-state index contributed by atoms with van der Waals surface area (Å²) in [4.78, 5) is 8.96. The van der Waals surface area contributed by atoms with E-state index in [4.69, 9.17) is 9.47 Å². The third-order valence-electron chi connectivity index (χ3n) is 6.73. The van der Waals surface area contributed by atoms with Crippen molar-refractivity contribution in [2.75, 3.05) is 13.2 Å². The lowest BCUT2D eigenvalue weighted by atomic mass is 9.82. The van der Waals surface area contributed by atoms with Gasteiger partial charge in [0.05, 0.1) is 25.6 Å². The van der Waals surface area contributed by atoms with Crippen LogP contribution in [0.4, 0.5) is 0 Å². The van der Waals surface area contributed by atoms with E-state index in [0.717, 1.165) is 43.1 Å². The van der Waals surface area contributed by atoms with Crippen molar-refractivity contribution in [3.05, 3.63) is 36.7 Å². The molecule has 35 heavy (non-hydrogen) atoms. The lowest BCUT2D eigenvalue weighted by molar-refractivity contribution is 0.277. The highest BCUT2D eigenvalue weighted by Crippen LogP contribution is 2.30. The van der Waals surface area contributed by atoms with Crippen LogP contribution in [0.3, 0.4) is 0 Å². The molecule has 0 spiro atoms. The second-order valence-corrected chi connectivity index (χ2v) is 10.7. The fraction of sp³-hybridized carbons (Fsp3) is 0.677. The Kier molecular flexibility index (Phi) is 14.4. The SMILES string of the molecule is CCCCCCCCOc1cnc(-c2ccc(OCCCCCCC(C)(C)CCCC)cc2)nc1. The van der Waals surface area contributed by atoms with Gasteiger partial charge in [-0.2, -0.15) is 0 Å². The van der Waals surface area contributed by atoms with E-state index in [1.807, 2.05) is 24.3 Å². The van der Waals surface area contributed by atoms with Crippen LogP contribution in [0.15, 0.2) is 36.7 Å². The van der Waals surface area contributed by atoms with Gasteiger partial charge in [0.15, 0.2) is 11.6 Å². The second-order valence-electron chi connectivity index (χ2n) is 10.7. The highest BCUT2D eigenvalue weighted by molar-refractivity contribution is 5.56. The van der Waals surface area contributed by atoms with Gasteiger partial charge < -0.3 is 9.47 Å². The van der Waals surface area contributed by atoms with E-state index in [0.29, 0.717) is 11.2 Å². The minimum atomic E-state index is 0.499. The van der Waals surface area contributed by atoms with Crippen molar-refractivity contribution in [1.29, 1.82) is 0 Å².